The first-order valence-electron chi connectivity index (χ1n) is 6.85. The molecular formula is C16H13N3O3. The second-order valence-electron chi connectivity index (χ2n) is 4.89. The van der Waals surface area contributed by atoms with E-state index in [1.807, 2.05) is 30.3 Å². The molecule has 22 heavy (non-hydrogen) atoms. The fraction of sp³-hybridized carbons (Fsp3) is 0.125. The third-order valence-electron chi connectivity index (χ3n) is 3.44. The highest BCUT2D eigenvalue weighted by Gasteiger charge is 2.23. The van der Waals surface area contributed by atoms with E-state index in [2.05, 4.69) is 5.10 Å². The highest BCUT2D eigenvalue weighted by molar-refractivity contribution is 6.08. The summed E-state index contributed by atoms with van der Waals surface area (Å²) in [5.74, 6) is -0.117. The quantitative estimate of drug-likeness (QED) is 0.645. The van der Waals surface area contributed by atoms with Crippen molar-refractivity contribution in [3.8, 4) is 0 Å². The number of hydrogen-bond acceptors (Lipinski definition) is 4. The standard InChI is InChI=1S/C16H13N3O3/c20-16-11-10-15(12-4-2-1-3-5-12)17-18(16)13-6-8-14(9-7-13)19(21)22/h1-9H,10-11H2. The summed E-state index contributed by atoms with van der Waals surface area (Å²) in [5.41, 5.74) is 2.32. The summed E-state index contributed by atoms with van der Waals surface area (Å²) in [6, 6.07) is 15.5. The predicted octanol–water partition coefficient (Wildman–Crippen LogP) is 3.13. The van der Waals surface area contributed by atoms with Gasteiger partial charge < -0.3 is 0 Å². The van der Waals surface area contributed by atoms with Crippen molar-refractivity contribution in [3.63, 3.8) is 0 Å². The maximum atomic E-state index is 12.1. The number of hydrogen-bond donors (Lipinski definition) is 0. The minimum absolute atomic E-state index is 0.0135. The molecular weight excluding hydrogens is 282 g/mol. The Balaban J connectivity index is 1.94. The van der Waals surface area contributed by atoms with Crippen LogP contribution in [0, 0.1) is 10.1 Å². The van der Waals surface area contributed by atoms with Crippen LogP contribution in [-0.4, -0.2) is 16.5 Å². The second kappa shape index (κ2) is 5.77. The Bertz CT molecular complexity index is 739. The van der Waals surface area contributed by atoms with Crippen molar-refractivity contribution in [2.24, 2.45) is 5.10 Å². The number of carbonyl (C=O) groups is 1. The molecule has 2 aromatic carbocycles. The molecule has 0 spiro atoms. The number of non-ortho nitro benzene ring substituents is 1. The average molecular weight is 295 g/mol. The molecule has 1 aliphatic heterocycles. The maximum Gasteiger partial charge on any atom is 0.269 e. The van der Waals surface area contributed by atoms with Gasteiger partial charge in [0.25, 0.3) is 5.69 Å². The molecule has 0 aromatic heterocycles. The van der Waals surface area contributed by atoms with Gasteiger partial charge in [0.1, 0.15) is 0 Å². The Kier molecular flexibility index (Phi) is 3.65. The van der Waals surface area contributed by atoms with Crippen LogP contribution in [0.25, 0.3) is 0 Å². The average Bonchev–Trinajstić information content (AvgIpc) is 2.56. The minimum atomic E-state index is -0.472. The third kappa shape index (κ3) is 2.71. The highest BCUT2D eigenvalue weighted by Crippen LogP contribution is 2.24. The van der Waals surface area contributed by atoms with Crippen molar-refractivity contribution >= 4 is 23.0 Å². The van der Waals surface area contributed by atoms with Crippen LogP contribution in [0.1, 0.15) is 18.4 Å². The van der Waals surface area contributed by atoms with Crippen molar-refractivity contribution in [3.05, 3.63) is 70.3 Å². The van der Waals surface area contributed by atoms with Gasteiger partial charge in [-0.2, -0.15) is 5.10 Å². The van der Waals surface area contributed by atoms with E-state index in [-0.39, 0.29) is 11.6 Å². The van der Waals surface area contributed by atoms with E-state index in [0.29, 0.717) is 18.5 Å². The zero-order valence-electron chi connectivity index (χ0n) is 11.7. The zero-order valence-corrected chi connectivity index (χ0v) is 11.7. The molecule has 0 N–H and O–H groups in total. The van der Waals surface area contributed by atoms with Crippen molar-refractivity contribution in [2.75, 3.05) is 5.01 Å². The van der Waals surface area contributed by atoms with E-state index in [1.165, 1.54) is 29.3 Å². The zero-order chi connectivity index (χ0) is 15.5. The molecule has 0 unspecified atom stereocenters. The topological polar surface area (TPSA) is 75.8 Å². The second-order valence-corrected chi connectivity index (χ2v) is 4.89. The third-order valence-corrected chi connectivity index (χ3v) is 3.44. The highest BCUT2D eigenvalue weighted by atomic mass is 16.6. The number of amides is 1. The summed E-state index contributed by atoms with van der Waals surface area (Å²) in [7, 11) is 0. The molecule has 0 bridgehead atoms. The number of anilines is 1. The van der Waals surface area contributed by atoms with Crippen LogP contribution in [0.2, 0.25) is 0 Å². The molecule has 0 fully saturated rings. The van der Waals surface area contributed by atoms with E-state index >= 15 is 0 Å². The minimum Gasteiger partial charge on any atom is -0.273 e. The molecule has 0 saturated carbocycles. The van der Waals surface area contributed by atoms with Gasteiger partial charge in [0, 0.05) is 25.0 Å². The van der Waals surface area contributed by atoms with Crippen LogP contribution in [0.15, 0.2) is 59.7 Å². The lowest BCUT2D eigenvalue weighted by Crippen LogP contribution is -2.31. The predicted molar refractivity (Wildman–Crippen MR) is 82.8 cm³/mol. The number of carbonyl (C=O) groups excluding carboxylic acids is 1. The van der Waals surface area contributed by atoms with Gasteiger partial charge in [-0.15, -0.1) is 0 Å². The van der Waals surface area contributed by atoms with Crippen LogP contribution in [-0.2, 0) is 4.79 Å². The van der Waals surface area contributed by atoms with Crippen LogP contribution in [0.5, 0.6) is 0 Å². The van der Waals surface area contributed by atoms with Crippen molar-refractivity contribution < 1.29 is 9.72 Å². The number of rotatable bonds is 3. The Morgan fingerprint density at radius 1 is 1.00 bits per heavy atom. The van der Waals surface area contributed by atoms with Crippen LogP contribution >= 0.6 is 0 Å². The van der Waals surface area contributed by atoms with Gasteiger partial charge in [-0.25, -0.2) is 5.01 Å². The van der Waals surface area contributed by atoms with E-state index < -0.39 is 4.92 Å². The van der Waals surface area contributed by atoms with E-state index in [9.17, 15) is 14.9 Å². The SMILES string of the molecule is O=C1CCC(c2ccccc2)=NN1c1ccc([N+](=O)[O-])cc1. The number of benzene rings is 2. The lowest BCUT2D eigenvalue weighted by Gasteiger charge is -2.23. The fourth-order valence-electron chi connectivity index (χ4n) is 2.31. The lowest BCUT2D eigenvalue weighted by atomic mass is 10.0. The molecule has 0 atom stereocenters. The maximum absolute atomic E-state index is 12.1. The number of hydrazone groups is 1. The Morgan fingerprint density at radius 3 is 2.32 bits per heavy atom. The first-order chi connectivity index (χ1) is 10.6. The first-order valence-corrected chi connectivity index (χ1v) is 6.85. The molecule has 110 valence electrons. The van der Waals surface area contributed by atoms with Crippen molar-refractivity contribution in [1.29, 1.82) is 0 Å². The number of nitrogens with zero attached hydrogens (tertiary/aromatic N) is 3. The van der Waals surface area contributed by atoms with Gasteiger partial charge in [0.2, 0.25) is 5.91 Å². The first kappa shape index (κ1) is 13.9. The molecule has 0 radical (unpaired) electrons. The Hall–Kier alpha value is -3.02. The van der Waals surface area contributed by atoms with Crippen molar-refractivity contribution in [2.45, 2.75) is 12.8 Å². The molecule has 1 aliphatic rings. The van der Waals surface area contributed by atoms with E-state index in [4.69, 9.17) is 0 Å². The van der Waals surface area contributed by atoms with Crippen molar-refractivity contribution in [1.82, 2.24) is 0 Å². The van der Waals surface area contributed by atoms with Gasteiger partial charge in [0.15, 0.2) is 0 Å². The smallest absolute Gasteiger partial charge is 0.269 e. The normalized spacial score (nSPS) is 14.6. The van der Waals surface area contributed by atoms with Gasteiger partial charge in [-0.3, -0.25) is 14.9 Å². The summed E-state index contributed by atoms with van der Waals surface area (Å²) < 4.78 is 0. The lowest BCUT2D eigenvalue weighted by molar-refractivity contribution is -0.384. The largest absolute Gasteiger partial charge is 0.273 e. The number of nitro groups is 1. The van der Waals surface area contributed by atoms with Gasteiger partial charge in [-0.1, -0.05) is 30.3 Å². The summed E-state index contributed by atoms with van der Waals surface area (Å²) in [6.45, 7) is 0. The van der Waals surface area contributed by atoms with Crippen LogP contribution in [0.3, 0.4) is 0 Å². The monoisotopic (exact) mass is 295 g/mol. The molecule has 6 nitrogen and oxygen atoms in total. The Morgan fingerprint density at radius 2 is 1.68 bits per heavy atom. The van der Waals surface area contributed by atoms with Gasteiger partial charge in [0.05, 0.1) is 16.3 Å². The van der Waals surface area contributed by atoms with E-state index in [0.717, 1.165) is 11.3 Å². The molecule has 1 amide bonds. The van der Waals surface area contributed by atoms with Crippen LogP contribution in [0.4, 0.5) is 11.4 Å². The molecule has 1 heterocycles. The summed E-state index contributed by atoms with van der Waals surface area (Å²) in [5, 5.41) is 16.4. The molecule has 6 heteroatoms. The molecule has 2 aromatic rings. The summed E-state index contributed by atoms with van der Waals surface area (Å²) >= 11 is 0. The van der Waals surface area contributed by atoms with E-state index in [1.54, 1.807) is 0 Å². The van der Waals surface area contributed by atoms with Gasteiger partial charge in [-0.05, 0) is 17.7 Å². The number of nitro benzene ring substituents is 1. The fourth-order valence-corrected chi connectivity index (χ4v) is 2.31. The Labute approximate surface area is 126 Å². The molecule has 0 aliphatic carbocycles. The van der Waals surface area contributed by atoms with Gasteiger partial charge >= 0.3 is 0 Å². The molecule has 3 rings (SSSR count). The summed E-state index contributed by atoms with van der Waals surface area (Å²) in [4.78, 5) is 22.3. The summed E-state index contributed by atoms with van der Waals surface area (Å²) in [6.07, 6.45) is 0.955. The van der Waals surface area contributed by atoms with Crippen LogP contribution < -0.4 is 5.01 Å². The molecule has 0 saturated heterocycles.